The number of likely N-dealkylation sites (N-methyl/N-ethyl adjacent to an activating group) is 1. The van der Waals surface area contributed by atoms with Crippen molar-refractivity contribution in [1.29, 1.82) is 0 Å². The van der Waals surface area contributed by atoms with Crippen LogP contribution in [0.3, 0.4) is 0 Å². The van der Waals surface area contributed by atoms with E-state index in [1.54, 1.807) is 30.1 Å². The molecule has 19 heavy (non-hydrogen) atoms. The van der Waals surface area contributed by atoms with E-state index in [1.165, 1.54) is 6.07 Å². The number of nitro groups is 1. The van der Waals surface area contributed by atoms with Gasteiger partial charge in [-0.05, 0) is 6.07 Å². The van der Waals surface area contributed by atoms with Crippen molar-refractivity contribution in [2.45, 2.75) is 18.4 Å². The largest absolute Gasteiger partial charge is 0.388 e. The van der Waals surface area contributed by atoms with Crippen LogP contribution in [0.2, 0.25) is 0 Å². The monoisotopic (exact) mass is 266 g/mol. The molecule has 104 valence electrons. The Morgan fingerprint density at radius 3 is 2.68 bits per heavy atom. The van der Waals surface area contributed by atoms with E-state index < -0.39 is 10.5 Å². The topological polar surface area (TPSA) is 75.8 Å². The van der Waals surface area contributed by atoms with E-state index in [0.29, 0.717) is 38.3 Å². The Labute approximate surface area is 111 Å². The minimum Gasteiger partial charge on any atom is -0.388 e. The lowest BCUT2D eigenvalue weighted by Gasteiger charge is -2.36. The van der Waals surface area contributed by atoms with Crippen LogP contribution in [0.5, 0.6) is 0 Å². The van der Waals surface area contributed by atoms with Gasteiger partial charge in [-0.2, -0.15) is 0 Å². The molecule has 1 N–H and O–H groups in total. The highest BCUT2D eigenvalue weighted by Gasteiger charge is 2.32. The SMILES string of the molecule is CN(CC1(O)CCOCC1)c1ccccc1[N+](=O)[O-]. The van der Waals surface area contributed by atoms with Crippen molar-refractivity contribution in [1.82, 2.24) is 0 Å². The normalized spacial score (nSPS) is 18.0. The second kappa shape index (κ2) is 5.54. The fraction of sp³-hybridized carbons (Fsp3) is 0.538. The third kappa shape index (κ3) is 3.21. The van der Waals surface area contributed by atoms with E-state index >= 15 is 0 Å². The Kier molecular flexibility index (Phi) is 4.01. The highest BCUT2D eigenvalue weighted by atomic mass is 16.6. The molecule has 1 aliphatic heterocycles. The smallest absolute Gasteiger partial charge is 0.292 e. The lowest BCUT2D eigenvalue weighted by molar-refractivity contribution is -0.384. The molecule has 0 radical (unpaired) electrons. The molecule has 6 nitrogen and oxygen atoms in total. The van der Waals surface area contributed by atoms with Gasteiger partial charge in [0, 0.05) is 45.7 Å². The van der Waals surface area contributed by atoms with Crippen LogP contribution < -0.4 is 4.90 Å². The fourth-order valence-corrected chi connectivity index (χ4v) is 2.38. The third-order valence-corrected chi connectivity index (χ3v) is 3.44. The van der Waals surface area contributed by atoms with E-state index in [-0.39, 0.29) is 5.69 Å². The molecular weight excluding hydrogens is 248 g/mol. The van der Waals surface area contributed by atoms with Gasteiger partial charge in [0.25, 0.3) is 5.69 Å². The van der Waals surface area contributed by atoms with Gasteiger partial charge in [-0.25, -0.2) is 0 Å². The van der Waals surface area contributed by atoms with Gasteiger partial charge in [0.2, 0.25) is 0 Å². The zero-order chi connectivity index (χ0) is 13.9. The van der Waals surface area contributed by atoms with Gasteiger partial charge in [0.1, 0.15) is 5.69 Å². The average molecular weight is 266 g/mol. The molecule has 2 rings (SSSR count). The van der Waals surface area contributed by atoms with E-state index in [2.05, 4.69) is 0 Å². The maximum absolute atomic E-state index is 11.0. The molecule has 0 amide bonds. The summed E-state index contributed by atoms with van der Waals surface area (Å²) in [5.74, 6) is 0. The number of aliphatic hydroxyl groups is 1. The molecule has 0 spiro atoms. The fourth-order valence-electron chi connectivity index (χ4n) is 2.38. The maximum atomic E-state index is 11.0. The van der Waals surface area contributed by atoms with Gasteiger partial charge in [-0.15, -0.1) is 0 Å². The summed E-state index contributed by atoms with van der Waals surface area (Å²) in [6.07, 6.45) is 1.11. The lowest BCUT2D eigenvalue weighted by atomic mass is 9.93. The van der Waals surface area contributed by atoms with Crippen LogP contribution in [-0.2, 0) is 4.74 Å². The maximum Gasteiger partial charge on any atom is 0.292 e. The standard InChI is InChI=1S/C13H18N2O4/c1-14(10-13(16)6-8-19-9-7-13)11-4-2-3-5-12(11)15(17)18/h2-5,16H,6-10H2,1H3. The average Bonchev–Trinajstić information content (AvgIpc) is 2.39. The highest BCUT2D eigenvalue weighted by molar-refractivity contribution is 5.62. The molecule has 0 aromatic heterocycles. The molecule has 0 bridgehead atoms. The van der Waals surface area contributed by atoms with E-state index in [4.69, 9.17) is 4.74 Å². The molecule has 1 aromatic rings. The summed E-state index contributed by atoms with van der Waals surface area (Å²) in [4.78, 5) is 12.3. The lowest BCUT2D eigenvalue weighted by Crippen LogP contribution is -2.45. The van der Waals surface area contributed by atoms with Gasteiger partial charge in [0.15, 0.2) is 0 Å². The Morgan fingerprint density at radius 1 is 1.42 bits per heavy atom. The van der Waals surface area contributed by atoms with Crippen LogP contribution in [0.15, 0.2) is 24.3 Å². The molecule has 1 heterocycles. The van der Waals surface area contributed by atoms with E-state index in [9.17, 15) is 15.2 Å². The molecule has 1 aromatic carbocycles. The predicted octanol–water partition coefficient (Wildman–Crippen LogP) is 1.57. The second-order valence-corrected chi connectivity index (χ2v) is 4.94. The quantitative estimate of drug-likeness (QED) is 0.661. The second-order valence-electron chi connectivity index (χ2n) is 4.94. The number of hydrogen-bond donors (Lipinski definition) is 1. The van der Waals surface area contributed by atoms with E-state index in [0.717, 1.165) is 0 Å². The molecule has 0 unspecified atom stereocenters. The summed E-state index contributed by atoms with van der Waals surface area (Å²) in [5, 5.41) is 21.4. The molecule has 0 aliphatic carbocycles. The van der Waals surface area contributed by atoms with Gasteiger partial charge >= 0.3 is 0 Å². The summed E-state index contributed by atoms with van der Waals surface area (Å²) in [6.45, 7) is 1.42. The zero-order valence-corrected chi connectivity index (χ0v) is 10.9. The van der Waals surface area contributed by atoms with Crippen LogP contribution in [0.25, 0.3) is 0 Å². The van der Waals surface area contributed by atoms with Crippen LogP contribution in [0, 0.1) is 10.1 Å². The first-order chi connectivity index (χ1) is 9.02. The Bertz CT molecular complexity index is 458. The Balaban J connectivity index is 2.15. The first-order valence-electron chi connectivity index (χ1n) is 6.26. The number of rotatable bonds is 4. The van der Waals surface area contributed by atoms with Gasteiger partial charge in [-0.1, -0.05) is 12.1 Å². The molecule has 1 saturated heterocycles. The first-order valence-corrected chi connectivity index (χ1v) is 6.26. The number of nitrogens with zero attached hydrogens (tertiary/aromatic N) is 2. The number of ether oxygens (including phenoxy) is 1. The van der Waals surface area contributed by atoms with Crippen molar-refractivity contribution in [2.75, 3.05) is 31.7 Å². The molecule has 1 aliphatic rings. The van der Waals surface area contributed by atoms with Crippen molar-refractivity contribution in [3.05, 3.63) is 34.4 Å². The van der Waals surface area contributed by atoms with E-state index in [1.807, 2.05) is 0 Å². The van der Waals surface area contributed by atoms with Crippen molar-refractivity contribution in [3.63, 3.8) is 0 Å². The molecule has 6 heteroatoms. The summed E-state index contributed by atoms with van der Waals surface area (Å²) in [6, 6.07) is 6.56. The van der Waals surface area contributed by atoms with Crippen molar-refractivity contribution in [3.8, 4) is 0 Å². The van der Waals surface area contributed by atoms with Crippen LogP contribution in [0.4, 0.5) is 11.4 Å². The number of anilines is 1. The summed E-state index contributed by atoms with van der Waals surface area (Å²) < 4.78 is 5.23. The zero-order valence-electron chi connectivity index (χ0n) is 10.9. The molecule has 1 fully saturated rings. The molecular formula is C13H18N2O4. The third-order valence-electron chi connectivity index (χ3n) is 3.44. The molecule has 0 saturated carbocycles. The Hall–Kier alpha value is -1.66. The van der Waals surface area contributed by atoms with Gasteiger partial charge in [0.05, 0.1) is 10.5 Å². The number of hydrogen-bond acceptors (Lipinski definition) is 5. The highest BCUT2D eigenvalue weighted by Crippen LogP contribution is 2.29. The van der Waals surface area contributed by atoms with Gasteiger partial charge < -0.3 is 14.7 Å². The Morgan fingerprint density at radius 2 is 2.05 bits per heavy atom. The minimum atomic E-state index is -0.837. The van der Waals surface area contributed by atoms with Crippen LogP contribution in [-0.4, -0.2) is 42.4 Å². The van der Waals surface area contributed by atoms with Crippen molar-refractivity contribution >= 4 is 11.4 Å². The molecule has 0 atom stereocenters. The van der Waals surface area contributed by atoms with Gasteiger partial charge in [-0.3, -0.25) is 10.1 Å². The predicted molar refractivity (Wildman–Crippen MR) is 71.4 cm³/mol. The minimum absolute atomic E-state index is 0.0562. The van der Waals surface area contributed by atoms with Crippen LogP contribution in [0.1, 0.15) is 12.8 Å². The first kappa shape index (κ1) is 13.8. The summed E-state index contributed by atoms with van der Waals surface area (Å²) >= 11 is 0. The summed E-state index contributed by atoms with van der Waals surface area (Å²) in [5.41, 5.74) is -0.260. The number of para-hydroxylation sites is 2. The number of benzene rings is 1. The van der Waals surface area contributed by atoms with Crippen LogP contribution >= 0.6 is 0 Å². The van der Waals surface area contributed by atoms with Crippen molar-refractivity contribution < 1.29 is 14.8 Å². The van der Waals surface area contributed by atoms with Crippen molar-refractivity contribution in [2.24, 2.45) is 0 Å². The summed E-state index contributed by atoms with van der Waals surface area (Å²) in [7, 11) is 1.76. The number of nitro benzene ring substituents is 1.